The lowest BCUT2D eigenvalue weighted by Crippen LogP contribution is -2.41. The van der Waals surface area contributed by atoms with Crippen LogP contribution in [-0.2, 0) is 11.4 Å². The minimum Gasteiger partial charge on any atom is -0.489 e. The Balaban J connectivity index is 1.22. The lowest BCUT2D eigenvalue weighted by atomic mass is 9.94. The van der Waals surface area contributed by atoms with Gasteiger partial charge in [-0.2, -0.15) is 0 Å². The number of aromatic nitrogens is 1. The molecule has 1 saturated heterocycles. The summed E-state index contributed by atoms with van der Waals surface area (Å²) in [5, 5.41) is 0.942. The SMILES string of the molecule is Cc1cc(C=C2SC(=NC3CCCCC3)N(C3CCCCC3)C2=O)c(C)n1-c1ccc(OCc2ccc(Br)cc2)cc1. The molecule has 2 aliphatic carbocycles. The highest BCUT2D eigenvalue weighted by Crippen LogP contribution is 2.39. The molecule has 220 valence electrons. The number of hydrogen-bond donors (Lipinski definition) is 0. The van der Waals surface area contributed by atoms with Crippen molar-refractivity contribution in [3.05, 3.63) is 86.5 Å². The Labute approximate surface area is 262 Å². The number of benzene rings is 2. The van der Waals surface area contributed by atoms with E-state index in [2.05, 4.69) is 75.7 Å². The fourth-order valence-electron chi connectivity index (χ4n) is 6.52. The van der Waals surface area contributed by atoms with Gasteiger partial charge >= 0.3 is 0 Å². The van der Waals surface area contributed by atoms with E-state index in [4.69, 9.17) is 9.73 Å². The van der Waals surface area contributed by atoms with Crippen LogP contribution in [0.15, 0.2) is 69.0 Å². The van der Waals surface area contributed by atoms with Gasteiger partial charge in [0.1, 0.15) is 12.4 Å². The number of aliphatic imine (C=N–C) groups is 1. The van der Waals surface area contributed by atoms with Crippen LogP contribution in [-0.4, -0.2) is 32.6 Å². The Hall–Kier alpha value is -2.77. The summed E-state index contributed by atoms with van der Waals surface area (Å²) in [7, 11) is 0. The van der Waals surface area contributed by atoms with Crippen molar-refractivity contribution in [3.8, 4) is 11.4 Å². The molecular weight excluding hydrogens is 606 g/mol. The van der Waals surface area contributed by atoms with Crippen molar-refractivity contribution in [2.75, 3.05) is 0 Å². The fourth-order valence-corrected chi connectivity index (χ4v) is 7.88. The van der Waals surface area contributed by atoms with Crippen LogP contribution in [0.5, 0.6) is 5.75 Å². The van der Waals surface area contributed by atoms with Gasteiger partial charge in [-0.05, 0) is 111 Å². The van der Waals surface area contributed by atoms with E-state index in [-0.39, 0.29) is 11.9 Å². The molecule has 0 radical (unpaired) electrons. The molecule has 3 aromatic rings. The van der Waals surface area contributed by atoms with Crippen LogP contribution in [0.3, 0.4) is 0 Å². The Morgan fingerprint density at radius 1 is 0.929 bits per heavy atom. The van der Waals surface area contributed by atoms with Crippen LogP contribution < -0.4 is 4.74 Å². The van der Waals surface area contributed by atoms with E-state index < -0.39 is 0 Å². The predicted molar refractivity (Wildman–Crippen MR) is 177 cm³/mol. The Kier molecular flexibility index (Phi) is 9.25. The van der Waals surface area contributed by atoms with Gasteiger partial charge in [-0.3, -0.25) is 14.7 Å². The molecule has 2 saturated carbocycles. The summed E-state index contributed by atoms with van der Waals surface area (Å²) < 4.78 is 9.34. The minimum absolute atomic E-state index is 0.138. The van der Waals surface area contributed by atoms with Gasteiger partial charge in [-0.1, -0.05) is 66.6 Å². The van der Waals surface area contributed by atoms with E-state index >= 15 is 0 Å². The molecule has 3 aliphatic rings. The van der Waals surface area contributed by atoms with E-state index in [1.807, 2.05) is 24.3 Å². The number of amidine groups is 1. The second kappa shape index (κ2) is 13.3. The van der Waals surface area contributed by atoms with E-state index in [0.717, 1.165) is 74.2 Å². The van der Waals surface area contributed by atoms with Crippen molar-refractivity contribution in [2.24, 2.45) is 4.99 Å². The zero-order valence-electron chi connectivity index (χ0n) is 24.7. The van der Waals surface area contributed by atoms with E-state index in [9.17, 15) is 4.79 Å². The topological polar surface area (TPSA) is 46.8 Å². The molecule has 5 nitrogen and oxygen atoms in total. The van der Waals surface area contributed by atoms with Gasteiger partial charge < -0.3 is 9.30 Å². The molecule has 7 heteroatoms. The molecule has 0 unspecified atom stereocenters. The number of carbonyl (C=O) groups is 1. The lowest BCUT2D eigenvalue weighted by Gasteiger charge is -2.31. The van der Waals surface area contributed by atoms with Crippen molar-refractivity contribution in [1.82, 2.24) is 9.47 Å². The minimum atomic E-state index is 0.138. The van der Waals surface area contributed by atoms with E-state index in [0.29, 0.717) is 12.6 Å². The van der Waals surface area contributed by atoms with Crippen molar-refractivity contribution in [2.45, 2.75) is 96.7 Å². The maximum absolute atomic E-state index is 13.9. The van der Waals surface area contributed by atoms with Crippen LogP contribution in [0.2, 0.25) is 0 Å². The summed E-state index contributed by atoms with van der Waals surface area (Å²) in [5.74, 6) is 0.977. The third-order valence-corrected chi connectivity index (χ3v) is 10.3. The van der Waals surface area contributed by atoms with Crippen LogP contribution in [0.25, 0.3) is 11.8 Å². The van der Waals surface area contributed by atoms with Crippen molar-refractivity contribution >= 4 is 44.8 Å². The summed E-state index contributed by atoms with van der Waals surface area (Å²) in [6.07, 6.45) is 14.0. The van der Waals surface area contributed by atoms with Gasteiger partial charge in [0, 0.05) is 27.6 Å². The number of halogens is 1. The monoisotopic (exact) mass is 645 g/mol. The molecule has 0 bridgehead atoms. The normalized spacial score (nSPS) is 20.6. The van der Waals surface area contributed by atoms with Crippen LogP contribution in [0.4, 0.5) is 0 Å². The molecule has 0 N–H and O–H groups in total. The Bertz CT molecular complexity index is 1460. The van der Waals surface area contributed by atoms with Crippen molar-refractivity contribution in [3.63, 3.8) is 0 Å². The fraction of sp³-hybridized carbons (Fsp3) is 0.429. The zero-order chi connectivity index (χ0) is 29.1. The largest absolute Gasteiger partial charge is 0.489 e. The third-order valence-electron chi connectivity index (χ3n) is 8.82. The molecule has 1 aromatic heterocycles. The first kappa shape index (κ1) is 29.3. The van der Waals surface area contributed by atoms with Crippen LogP contribution in [0.1, 0.15) is 86.7 Å². The van der Waals surface area contributed by atoms with E-state index in [1.165, 1.54) is 38.5 Å². The molecule has 3 fully saturated rings. The standard InChI is InChI=1S/C35H40BrN3O2S/c1-24-21-27(25(2)38(24)31-17-19-32(20-18-31)41-23-26-13-15-28(36)16-14-26)22-33-34(40)39(30-11-7-4-8-12-30)35(42-33)37-29-9-5-3-6-10-29/h13-22,29-30H,3-12,23H2,1-2H3. The second-order valence-corrected chi connectivity index (χ2v) is 13.8. The van der Waals surface area contributed by atoms with Gasteiger partial charge in [0.05, 0.1) is 10.9 Å². The molecule has 42 heavy (non-hydrogen) atoms. The third kappa shape index (κ3) is 6.57. The molecule has 2 aromatic carbocycles. The van der Waals surface area contributed by atoms with Gasteiger partial charge in [-0.25, -0.2) is 0 Å². The van der Waals surface area contributed by atoms with Gasteiger partial charge in [0.25, 0.3) is 5.91 Å². The maximum Gasteiger partial charge on any atom is 0.267 e. The Morgan fingerprint density at radius 3 is 2.29 bits per heavy atom. The number of ether oxygens (including phenoxy) is 1. The average molecular weight is 647 g/mol. The summed E-state index contributed by atoms with van der Waals surface area (Å²) in [4.78, 5) is 21.9. The molecule has 0 atom stereocenters. The number of thioether (sulfide) groups is 1. The van der Waals surface area contributed by atoms with E-state index in [1.54, 1.807) is 11.8 Å². The zero-order valence-corrected chi connectivity index (χ0v) is 27.1. The summed E-state index contributed by atoms with van der Waals surface area (Å²) in [5.41, 5.74) is 5.56. The first-order valence-electron chi connectivity index (χ1n) is 15.4. The van der Waals surface area contributed by atoms with Crippen LogP contribution in [0, 0.1) is 13.8 Å². The lowest BCUT2D eigenvalue weighted by molar-refractivity contribution is -0.124. The van der Waals surface area contributed by atoms with Crippen LogP contribution >= 0.6 is 27.7 Å². The highest BCUT2D eigenvalue weighted by atomic mass is 79.9. The predicted octanol–water partition coefficient (Wildman–Crippen LogP) is 9.37. The summed E-state index contributed by atoms with van der Waals surface area (Å²) in [6, 6.07) is 19.3. The average Bonchev–Trinajstić information content (AvgIpc) is 3.47. The number of hydrogen-bond acceptors (Lipinski definition) is 4. The smallest absolute Gasteiger partial charge is 0.267 e. The number of amides is 1. The highest BCUT2D eigenvalue weighted by Gasteiger charge is 2.39. The summed E-state index contributed by atoms with van der Waals surface area (Å²) in [6.45, 7) is 4.79. The first-order chi connectivity index (χ1) is 20.5. The number of rotatable bonds is 7. The number of nitrogens with zero attached hydrogens (tertiary/aromatic N) is 3. The highest BCUT2D eigenvalue weighted by molar-refractivity contribution is 9.10. The number of aryl methyl sites for hydroxylation is 1. The summed E-state index contributed by atoms with van der Waals surface area (Å²) >= 11 is 5.07. The Morgan fingerprint density at radius 2 is 1.60 bits per heavy atom. The van der Waals surface area contributed by atoms with Gasteiger partial charge in [0.15, 0.2) is 5.17 Å². The van der Waals surface area contributed by atoms with Gasteiger partial charge in [0.2, 0.25) is 0 Å². The molecule has 1 amide bonds. The quantitative estimate of drug-likeness (QED) is 0.240. The molecular formula is C35H40BrN3O2S. The molecule has 6 rings (SSSR count). The first-order valence-corrected chi connectivity index (χ1v) is 17.0. The molecule has 1 aliphatic heterocycles. The van der Waals surface area contributed by atoms with Crippen molar-refractivity contribution in [1.29, 1.82) is 0 Å². The maximum atomic E-state index is 13.9. The molecule has 2 heterocycles. The van der Waals surface area contributed by atoms with Crippen molar-refractivity contribution < 1.29 is 9.53 Å². The van der Waals surface area contributed by atoms with Gasteiger partial charge in [-0.15, -0.1) is 0 Å². The second-order valence-electron chi connectivity index (χ2n) is 11.9. The number of carbonyl (C=O) groups excluding carboxylic acids is 1. The molecule has 0 spiro atoms.